The highest BCUT2D eigenvalue weighted by molar-refractivity contribution is 5.76. The van der Waals surface area contributed by atoms with Crippen LogP contribution in [0, 0.1) is 5.92 Å². The van der Waals surface area contributed by atoms with Crippen molar-refractivity contribution < 1.29 is 28.2 Å². The molecule has 0 heterocycles. The number of alkyl halides is 2. The standard InChI is InChI=1S/C12H20F2N2O4/c13-10(14)7-20-6-5-15-12(19)16-9-4-2-1-3-8(9)11(17)18/h8-10H,1-7H2,(H,17,18)(H2,15,16,19). The molecule has 0 aliphatic heterocycles. The second-order valence-electron chi connectivity index (χ2n) is 4.70. The second-order valence-corrected chi connectivity index (χ2v) is 4.70. The number of amides is 2. The first kappa shape index (κ1) is 16.6. The fourth-order valence-electron chi connectivity index (χ4n) is 2.23. The van der Waals surface area contributed by atoms with E-state index in [2.05, 4.69) is 15.4 Å². The van der Waals surface area contributed by atoms with Gasteiger partial charge in [-0.25, -0.2) is 13.6 Å². The summed E-state index contributed by atoms with van der Waals surface area (Å²) in [5, 5.41) is 14.1. The number of urea groups is 1. The first-order valence-corrected chi connectivity index (χ1v) is 6.63. The number of carboxylic acid groups (broad SMARTS) is 1. The Morgan fingerprint density at radius 2 is 2.00 bits per heavy atom. The molecule has 1 aliphatic rings. The first-order chi connectivity index (χ1) is 9.50. The summed E-state index contributed by atoms with van der Waals surface area (Å²) in [5.41, 5.74) is 0. The molecule has 0 aromatic carbocycles. The summed E-state index contributed by atoms with van der Waals surface area (Å²) in [5.74, 6) is -1.47. The third-order valence-electron chi connectivity index (χ3n) is 3.18. The van der Waals surface area contributed by atoms with Crippen LogP contribution in [0.2, 0.25) is 0 Å². The molecule has 0 aromatic rings. The van der Waals surface area contributed by atoms with Crippen LogP contribution in [0.1, 0.15) is 25.7 Å². The SMILES string of the molecule is O=C(NCCOCC(F)F)NC1CCCCC1C(=O)O. The van der Waals surface area contributed by atoms with Crippen LogP contribution in [0.25, 0.3) is 0 Å². The molecule has 6 nitrogen and oxygen atoms in total. The molecule has 3 N–H and O–H groups in total. The highest BCUT2D eigenvalue weighted by Gasteiger charge is 2.31. The molecular weight excluding hydrogens is 274 g/mol. The molecule has 8 heteroatoms. The monoisotopic (exact) mass is 294 g/mol. The number of rotatable bonds is 7. The van der Waals surface area contributed by atoms with Crippen molar-refractivity contribution in [1.82, 2.24) is 10.6 Å². The topological polar surface area (TPSA) is 87.7 Å². The van der Waals surface area contributed by atoms with Gasteiger partial charge in [-0.2, -0.15) is 0 Å². The van der Waals surface area contributed by atoms with Crippen LogP contribution >= 0.6 is 0 Å². The quantitative estimate of drug-likeness (QED) is 0.616. The van der Waals surface area contributed by atoms with E-state index in [4.69, 9.17) is 5.11 Å². The summed E-state index contributed by atoms with van der Waals surface area (Å²) in [6, 6.07) is -0.882. The molecule has 20 heavy (non-hydrogen) atoms. The normalized spacial score (nSPS) is 22.6. The maximum atomic E-state index is 11.8. The molecule has 0 bridgehead atoms. The minimum Gasteiger partial charge on any atom is -0.481 e. The molecule has 0 saturated heterocycles. The van der Waals surface area contributed by atoms with Crippen molar-refractivity contribution in [2.24, 2.45) is 5.92 Å². The summed E-state index contributed by atoms with van der Waals surface area (Å²) in [6.07, 6.45) is 0.386. The van der Waals surface area contributed by atoms with Gasteiger partial charge >= 0.3 is 12.0 Å². The minimum absolute atomic E-state index is 0.00914. The van der Waals surface area contributed by atoms with Gasteiger partial charge in [0.15, 0.2) is 0 Å². The molecule has 2 atom stereocenters. The predicted molar refractivity (Wildman–Crippen MR) is 66.7 cm³/mol. The van der Waals surface area contributed by atoms with Crippen LogP contribution in [-0.4, -0.2) is 49.3 Å². The van der Waals surface area contributed by atoms with Gasteiger partial charge in [0.2, 0.25) is 0 Å². The molecule has 0 radical (unpaired) electrons. The van der Waals surface area contributed by atoms with Crippen molar-refractivity contribution in [3.8, 4) is 0 Å². The molecular formula is C12H20F2N2O4. The number of carbonyl (C=O) groups is 2. The molecule has 0 spiro atoms. The summed E-state index contributed by atoms with van der Waals surface area (Å²) >= 11 is 0. The zero-order valence-electron chi connectivity index (χ0n) is 11.1. The van der Waals surface area contributed by atoms with E-state index < -0.39 is 31.0 Å². The van der Waals surface area contributed by atoms with Gasteiger partial charge in [0.1, 0.15) is 6.61 Å². The highest BCUT2D eigenvalue weighted by Crippen LogP contribution is 2.24. The van der Waals surface area contributed by atoms with Gasteiger partial charge in [0.05, 0.1) is 12.5 Å². The first-order valence-electron chi connectivity index (χ1n) is 6.63. The number of carboxylic acids is 1. The van der Waals surface area contributed by atoms with Crippen molar-refractivity contribution in [3.05, 3.63) is 0 Å². The number of nitrogens with one attached hydrogen (secondary N) is 2. The number of carbonyl (C=O) groups excluding carboxylic acids is 1. The number of aliphatic carboxylic acids is 1. The van der Waals surface area contributed by atoms with E-state index >= 15 is 0 Å². The van der Waals surface area contributed by atoms with Crippen molar-refractivity contribution in [1.29, 1.82) is 0 Å². The van der Waals surface area contributed by atoms with Gasteiger partial charge < -0.3 is 20.5 Å². The number of hydrogen-bond donors (Lipinski definition) is 3. The van der Waals surface area contributed by atoms with Crippen molar-refractivity contribution in [2.75, 3.05) is 19.8 Å². The second kappa shape index (κ2) is 8.68. The molecule has 2 unspecified atom stereocenters. The summed E-state index contributed by atoms with van der Waals surface area (Å²) in [4.78, 5) is 22.6. The Balaban J connectivity index is 2.21. The van der Waals surface area contributed by atoms with E-state index in [0.29, 0.717) is 12.8 Å². The fraction of sp³-hybridized carbons (Fsp3) is 0.833. The zero-order valence-corrected chi connectivity index (χ0v) is 11.1. The Labute approximate surface area is 115 Å². The Kier molecular flexibility index (Phi) is 7.21. The van der Waals surface area contributed by atoms with Crippen LogP contribution < -0.4 is 10.6 Å². The lowest BCUT2D eigenvalue weighted by atomic mass is 9.84. The van der Waals surface area contributed by atoms with E-state index in [0.717, 1.165) is 12.8 Å². The van der Waals surface area contributed by atoms with E-state index in [9.17, 15) is 18.4 Å². The largest absolute Gasteiger partial charge is 0.481 e. The predicted octanol–water partition coefficient (Wildman–Crippen LogP) is 1.21. The number of ether oxygens (including phenoxy) is 1. The number of halogens is 2. The van der Waals surface area contributed by atoms with Gasteiger partial charge in [-0.15, -0.1) is 0 Å². The van der Waals surface area contributed by atoms with Gasteiger partial charge in [-0.05, 0) is 12.8 Å². The van der Waals surface area contributed by atoms with Gasteiger partial charge in [-0.1, -0.05) is 12.8 Å². The zero-order chi connectivity index (χ0) is 15.0. The molecule has 1 aliphatic carbocycles. The highest BCUT2D eigenvalue weighted by atomic mass is 19.3. The Morgan fingerprint density at radius 3 is 2.65 bits per heavy atom. The average molecular weight is 294 g/mol. The summed E-state index contributed by atoms with van der Waals surface area (Å²) < 4.78 is 28.1. The molecule has 116 valence electrons. The fourth-order valence-corrected chi connectivity index (χ4v) is 2.23. The lowest BCUT2D eigenvalue weighted by Crippen LogP contribution is -2.49. The summed E-state index contributed by atoms with van der Waals surface area (Å²) in [6.45, 7) is -0.569. The molecule has 2 amide bonds. The van der Waals surface area contributed by atoms with E-state index in [1.165, 1.54) is 0 Å². The van der Waals surface area contributed by atoms with Crippen molar-refractivity contribution >= 4 is 12.0 Å². The maximum absolute atomic E-state index is 11.8. The van der Waals surface area contributed by atoms with Gasteiger partial charge in [0.25, 0.3) is 6.43 Å². The van der Waals surface area contributed by atoms with Crippen molar-refractivity contribution in [3.63, 3.8) is 0 Å². The minimum atomic E-state index is -2.53. The Hall–Kier alpha value is -1.44. The van der Waals surface area contributed by atoms with Gasteiger partial charge in [0, 0.05) is 12.6 Å². The molecule has 1 saturated carbocycles. The lowest BCUT2D eigenvalue weighted by Gasteiger charge is -2.29. The third-order valence-corrected chi connectivity index (χ3v) is 3.18. The molecule has 0 aromatic heterocycles. The maximum Gasteiger partial charge on any atom is 0.315 e. The van der Waals surface area contributed by atoms with Gasteiger partial charge in [-0.3, -0.25) is 4.79 Å². The van der Waals surface area contributed by atoms with E-state index in [1.54, 1.807) is 0 Å². The summed E-state index contributed by atoms with van der Waals surface area (Å²) in [7, 11) is 0. The lowest BCUT2D eigenvalue weighted by molar-refractivity contribution is -0.143. The van der Waals surface area contributed by atoms with Crippen LogP contribution in [0.15, 0.2) is 0 Å². The third kappa shape index (κ3) is 6.14. The number of hydrogen-bond acceptors (Lipinski definition) is 3. The smallest absolute Gasteiger partial charge is 0.315 e. The van der Waals surface area contributed by atoms with E-state index in [1.807, 2.05) is 0 Å². The van der Waals surface area contributed by atoms with Crippen LogP contribution in [-0.2, 0) is 9.53 Å². The van der Waals surface area contributed by atoms with Crippen LogP contribution in [0.5, 0.6) is 0 Å². The van der Waals surface area contributed by atoms with Crippen LogP contribution in [0.4, 0.5) is 13.6 Å². The Bertz CT molecular complexity index is 329. The van der Waals surface area contributed by atoms with E-state index in [-0.39, 0.29) is 19.2 Å². The Morgan fingerprint density at radius 1 is 1.30 bits per heavy atom. The molecule has 1 fully saturated rings. The van der Waals surface area contributed by atoms with Crippen LogP contribution in [0.3, 0.4) is 0 Å². The molecule has 1 rings (SSSR count). The van der Waals surface area contributed by atoms with Crippen molar-refractivity contribution in [2.45, 2.75) is 38.2 Å². The average Bonchev–Trinajstić information content (AvgIpc) is 2.38.